The van der Waals surface area contributed by atoms with Gasteiger partial charge < -0.3 is 10.2 Å². The van der Waals surface area contributed by atoms with E-state index in [-0.39, 0.29) is 11.8 Å². The molecule has 0 radical (unpaired) electrons. The van der Waals surface area contributed by atoms with Crippen molar-refractivity contribution in [3.8, 4) is 0 Å². The minimum absolute atomic E-state index is 0.207. The summed E-state index contributed by atoms with van der Waals surface area (Å²) in [5.74, 6) is 0.472. The summed E-state index contributed by atoms with van der Waals surface area (Å²) in [5, 5.41) is 3.50. The Hall–Kier alpha value is -3.28. The van der Waals surface area contributed by atoms with Crippen molar-refractivity contribution in [3.63, 3.8) is 0 Å². The lowest BCUT2D eigenvalue weighted by Crippen LogP contribution is -2.42. The molecule has 2 aliphatic rings. The van der Waals surface area contributed by atoms with E-state index in [2.05, 4.69) is 57.5 Å². The maximum atomic E-state index is 13.1. The number of amides is 1. The van der Waals surface area contributed by atoms with E-state index in [0.717, 1.165) is 79.9 Å². The van der Waals surface area contributed by atoms with Crippen LogP contribution in [0.1, 0.15) is 71.3 Å². The first-order valence-corrected chi connectivity index (χ1v) is 13.6. The smallest absolute Gasteiger partial charge is 0.222 e. The topological polar surface area (TPSA) is 70.0 Å². The molecule has 1 fully saturated rings. The maximum absolute atomic E-state index is 13.1. The third-order valence-electron chi connectivity index (χ3n) is 6.97. The zero-order valence-electron chi connectivity index (χ0n) is 23.0. The zero-order chi connectivity index (χ0) is 26.5. The van der Waals surface area contributed by atoms with E-state index in [0.29, 0.717) is 13.0 Å². The largest absolute Gasteiger partial charge is 0.384 e. The Kier molecular flexibility index (Phi) is 11.5. The number of hydrogen-bond donors (Lipinski definition) is 1. The van der Waals surface area contributed by atoms with Gasteiger partial charge in [0.15, 0.2) is 0 Å². The Bertz CT molecular complexity index is 1080. The molecule has 1 saturated heterocycles. The Balaban J connectivity index is 1.69. The predicted octanol–water partition coefficient (Wildman–Crippen LogP) is 6.20. The van der Waals surface area contributed by atoms with Crippen LogP contribution in [0.25, 0.3) is 0 Å². The van der Waals surface area contributed by atoms with Gasteiger partial charge in [0.25, 0.3) is 0 Å². The number of carbonyl (C=O) groups excluding carboxylic acids is 1. The van der Waals surface area contributed by atoms with Crippen LogP contribution in [0.4, 0.5) is 0 Å². The van der Waals surface area contributed by atoms with Gasteiger partial charge in [-0.05, 0) is 82.6 Å². The molecule has 6 heteroatoms. The van der Waals surface area contributed by atoms with E-state index in [4.69, 9.17) is 4.99 Å². The van der Waals surface area contributed by atoms with Gasteiger partial charge in [0.1, 0.15) is 0 Å². The number of likely N-dealkylation sites (tertiary alicyclic amines) is 1. The molecule has 0 bridgehead atoms. The van der Waals surface area contributed by atoms with E-state index >= 15 is 0 Å². The van der Waals surface area contributed by atoms with Crippen molar-refractivity contribution >= 4 is 17.8 Å². The number of hydrogen-bond acceptors (Lipinski definition) is 5. The van der Waals surface area contributed by atoms with Gasteiger partial charge in [-0.3, -0.25) is 19.8 Å². The number of pyridine rings is 1. The van der Waals surface area contributed by atoms with Gasteiger partial charge in [-0.15, -0.1) is 0 Å². The fraction of sp³-hybridized carbons (Fsp3) is 0.484. The molecule has 1 aliphatic carbocycles. The highest BCUT2D eigenvalue weighted by molar-refractivity contribution is 5.99. The van der Waals surface area contributed by atoms with Crippen LogP contribution in [0, 0.1) is 5.92 Å². The summed E-state index contributed by atoms with van der Waals surface area (Å²) in [6.07, 6.45) is 21.2. The second-order valence-electron chi connectivity index (χ2n) is 10.0. The van der Waals surface area contributed by atoms with Gasteiger partial charge in [0, 0.05) is 74.7 Å². The first kappa shape index (κ1) is 28.3. The Morgan fingerprint density at radius 1 is 1.27 bits per heavy atom. The molecule has 1 amide bonds. The fourth-order valence-corrected chi connectivity index (χ4v) is 4.73. The molecule has 198 valence electrons. The number of rotatable bonds is 11. The summed E-state index contributed by atoms with van der Waals surface area (Å²) in [5.41, 5.74) is 6.58. The number of allylic oxidation sites excluding steroid dienone is 8. The highest BCUT2D eigenvalue weighted by atomic mass is 16.2. The van der Waals surface area contributed by atoms with Gasteiger partial charge in [0.05, 0.1) is 0 Å². The lowest BCUT2D eigenvalue weighted by atomic mass is 9.91. The third-order valence-corrected chi connectivity index (χ3v) is 6.97. The quantitative estimate of drug-likeness (QED) is 0.367. The zero-order valence-corrected chi connectivity index (χ0v) is 23.0. The minimum atomic E-state index is 0.207. The molecule has 0 aromatic carbocycles. The molecule has 2 heterocycles. The summed E-state index contributed by atoms with van der Waals surface area (Å²) in [7, 11) is 1.78. The predicted molar refractivity (Wildman–Crippen MR) is 155 cm³/mol. The maximum Gasteiger partial charge on any atom is 0.222 e. The molecule has 1 N–H and O–H groups in total. The van der Waals surface area contributed by atoms with Gasteiger partial charge in [-0.25, -0.2) is 0 Å². The molecule has 6 nitrogen and oxygen atoms in total. The van der Waals surface area contributed by atoms with E-state index < -0.39 is 0 Å². The van der Waals surface area contributed by atoms with E-state index in [1.54, 1.807) is 13.2 Å². The number of piperidine rings is 1. The molecule has 1 unspecified atom stereocenters. The Labute approximate surface area is 223 Å². The van der Waals surface area contributed by atoms with E-state index in [1.807, 2.05) is 32.3 Å². The highest BCUT2D eigenvalue weighted by Crippen LogP contribution is 2.23. The number of aliphatic imine (C=N–C) groups is 2. The molecular weight excluding hydrogens is 458 g/mol. The average Bonchev–Trinajstić information content (AvgIpc) is 2.93. The fourth-order valence-electron chi connectivity index (χ4n) is 4.73. The van der Waals surface area contributed by atoms with Crippen molar-refractivity contribution in [1.82, 2.24) is 15.2 Å². The SMILES string of the molecule is CN=C/C(C)=C(C)/N=C(\C=C(/C)NCc1cccnc1)C1CCCN(C(=O)CCCC2=CCCC=C2)C1. The number of nitrogens with one attached hydrogen (secondary N) is 1. The third kappa shape index (κ3) is 9.60. The number of nitrogens with zero attached hydrogens (tertiary/aromatic N) is 4. The number of aromatic nitrogens is 1. The van der Waals surface area contributed by atoms with Crippen molar-refractivity contribution in [3.05, 3.63) is 76.9 Å². The second kappa shape index (κ2) is 15.1. The molecule has 3 rings (SSSR count). The van der Waals surface area contributed by atoms with Crippen LogP contribution >= 0.6 is 0 Å². The first-order chi connectivity index (χ1) is 18.0. The molecule has 0 saturated carbocycles. The van der Waals surface area contributed by atoms with Crippen LogP contribution in [0.2, 0.25) is 0 Å². The highest BCUT2D eigenvalue weighted by Gasteiger charge is 2.26. The van der Waals surface area contributed by atoms with Crippen LogP contribution in [0.15, 0.2) is 81.4 Å². The van der Waals surface area contributed by atoms with Crippen molar-refractivity contribution in [2.45, 2.75) is 72.3 Å². The van der Waals surface area contributed by atoms with Gasteiger partial charge in [0.2, 0.25) is 5.91 Å². The molecule has 1 aromatic rings. The molecule has 1 aliphatic heterocycles. The summed E-state index contributed by atoms with van der Waals surface area (Å²) in [4.78, 5) is 28.6. The van der Waals surface area contributed by atoms with Gasteiger partial charge >= 0.3 is 0 Å². The lowest BCUT2D eigenvalue weighted by molar-refractivity contribution is -0.132. The minimum Gasteiger partial charge on any atom is -0.384 e. The van der Waals surface area contributed by atoms with Crippen LogP contribution in [0.3, 0.4) is 0 Å². The first-order valence-electron chi connectivity index (χ1n) is 13.6. The van der Waals surface area contributed by atoms with Gasteiger partial charge in [-0.1, -0.05) is 29.9 Å². The normalized spacial score (nSPS) is 19.6. The molecule has 1 atom stereocenters. The monoisotopic (exact) mass is 501 g/mol. The lowest BCUT2D eigenvalue weighted by Gasteiger charge is -2.33. The molecule has 37 heavy (non-hydrogen) atoms. The number of carbonyl (C=O) groups is 1. The van der Waals surface area contributed by atoms with Gasteiger partial charge in [-0.2, -0.15) is 0 Å². The van der Waals surface area contributed by atoms with Crippen LogP contribution in [0.5, 0.6) is 0 Å². The van der Waals surface area contributed by atoms with Crippen molar-refractivity contribution in [2.24, 2.45) is 15.9 Å². The van der Waals surface area contributed by atoms with Crippen LogP contribution in [-0.2, 0) is 11.3 Å². The van der Waals surface area contributed by atoms with Crippen molar-refractivity contribution in [1.29, 1.82) is 0 Å². The second-order valence-corrected chi connectivity index (χ2v) is 10.0. The van der Waals surface area contributed by atoms with E-state index in [1.165, 1.54) is 5.57 Å². The summed E-state index contributed by atoms with van der Waals surface area (Å²) in [6.45, 7) is 8.41. The molecule has 0 spiro atoms. The molecule has 1 aromatic heterocycles. The summed E-state index contributed by atoms with van der Waals surface area (Å²) in [6, 6.07) is 4.01. The Morgan fingerprint density at radius 3 is 2.86 bits per heavy atom. The standard InChI is InChI=1S/C31H43N5O/c1-24(20-32-4)26(3)35-30(19-25(2)34-22-28-14-9-17-33-21-28)29-15-10-18-36(23-29)31(37)16-8-13-27-11-6-5-7-12-27/h6,9,11-12,14,17,19-21,29,34H,5,7-8,10,13,15-16,18,22-23H2,1-4H3/b25-19+,26-24+,32-20?,35-30+. The van der Waals surface area contributed by atoms with Crippen molar-refractivity contribution < 1.29 is 4.79 Å². The van der Waals surface area contributed by atoms with Crippen LogP contribution < -0.4 is 5.32 Å². The summed E-state index contributed by atoms with van der Waals surface area (Å²) < 4.78 is 0. The van der Waals surface area contributed by atoms with E-state index in [9.17, 15) is 4.79 Å². The van der Waals surface area contributed by atoms with Crippen LogP contribution in [-0.4, -0.2) is 47.9 Å². The summed E-state index contributed by atoms with van der Waals surface area (Å²) >= 11 is 0. The Morgan fingerprint density at radius 2 is 2.14 bits per heavy atom. The van der Waals surface area contributed by atoms with Crippen molar-refractivity contribution in [2.75, 3.05) is 20.1 Å². The molecular formula is C31H43N5O. The average molecular weight is 502 g/mol.